The summed E-state index contributed by atoms with van der Waals surface area (Å²) in [5, 5.41) is 6.54. The minimum atomic E-state index is -0.368. The molecule has 0 atom stereocenters. The summed E-state index contributed by atoms with van der Waals surface area (Å²) in [6, 6.07) is 32.0. The van der Waals surface area contributed by atoms with Crippen molar-refractivity contribution in [3.05, 3.63) is 108 Å². The van der Waals surface area contributed by atoms with Gasteiger partial charge in [-0.25, -0.2) is 4.79 Å². The van der Waals surface area contributed by atoms with Gasteiger partial charge in [0.2, 0.25) is 0 Å². The molecule has 0 fully saturated rings. The zero-order chi connectivity index (χ0) is 27.6. The van der Waals surface area contributed by atoms with Crippen molar-refractivity contribution >= 4 is 44.3 Å². The normalized spacial score (nSPS) is 11.2. The van der Waals surface area contributed by atoms with E-state index in [0.29, 0.717) is 38.2 Å². The van der Waals surface area contributed by atoms with Crippen LogP contribution in [0.3, 0.4) is 0 Å². The van der Waals surface area contributed by atoms with Crippen LogP contribution in [0.4, 0.5) is 0 Å². The molecule has 0 bridgehead atoms. The number of rotatable bonds is 13. The molecule has 0 aliphatic heterocycles. The second-order valence-electron chi connectivity index (χ2n) is 9.41. The molecule has 6 heteroatoms. The van der Waals surface area contributed by atoms with Gasteiger partial charge in [0.05, 0.1) is 32.0 Å². The van der Waals surface area contributed by atoms with Crippen LogP contribution in [0.15, 0.2) is 97.1 Å². The molecule has 0 saturated heterocycles. The van der Waals surface area contributed by atoms with Crippen molar-refractivity contribution in [3.63, 3.8) is 0 Å². The molecule has 0 spiro atoms. The fourth-order valence-electron chi connectivity index (χ4n) is 4.89. The Balaban J connectivity index is 0.953. The Hall–Kier alpha value is -4.26. The van der Waals surface area contributed by atoms with E-state index >= 15 is 0 Å². The van der Waals surface area contributed by atoms with Crippen LogP contribution < -0.4 is 0 Å². The monoisotopic (exact) mass is 536 g/mol. The minimum absolute atomic E-state index is 0.158. The highest BCUT2D eigenvalue weighted by Crippen LogP contribution is 2.29. The summed E-state index contributed by atoms with van der Waals surface area (Å²) in [5.41, 5.74) is 1.71. The third-order valence-electron chi connectivity index (χ3n) is 6.80. The fourth-order valence-corrected chi connectivity index (χ4v) is 4.89. The first-order valence-electron chi connectivity index (χ1n) is 13.6. The standard InChI is InChI=1S/C34H32O6/c35-33(17-16-31-29-13-5-2-9-26(29)24-27-10-3-6-14-30(27)31)39-22-20-37-18-19-38-21-23-40-34(36)32-15-7-11-25-8-1-4-12-28(25)32/h1-15,24H,16-23H2. The molecule has 0 N–H and O–H groups in total. The first-order valence-corrected chi connectivity index (χ1v) is 13.6. The van der Waals surface area contributed by atoms with E-state index in [4.69, 9.17) is 18.9 Å². The van der Waals surface area contributed by atoms with E-state index in [1.807, 2.05) is 60.7 Å². The zero-order valence-corrected chi connectivity index (χ0v) is 22.3. The number of carbonyl (C=O) groups excluding carboxylic acids is 2. The predicted molar refractivity (Wildman–Crippen MR) is 157 cm³/mol. The van der Waals surface area contributed by atoms with Gasteiger partial charge in [-0.3, -0.25) is 4.79 Å². The van der Waals surface area contributed by atoms with E-state index in [-0.39, 0.29) is 31.8 Å². The zero-order valence-electron chi connectivity index (χ0n) is 22.3. The van der Waals surface area contributed by atoms with Crippen molar-refractivity contribution in [3.8, 4) is 0 Å². The molecule has 0 aromatic heterocycles. The Morgan fingerprint density at radius 2 is 1.05 bits per heavy atom. The molecule has 5 rings (SSSR count). The lowest BCUT2D eigenvalue weighted by atomic mass is 9.94. The minimum Gasteiger partial charge on any atom is -0.463 e. The number of esters is 2. The number of hydrogen-bond donors (Lipinski definition) is 0. The van der Waals surface area contributed by atoms with E-state index in [1.54, 1.807) is 6.07 Å². The second-order valence-corrected chi connectivity index (χ2v) is 9.41. The number of fused-ring (bicyclic) bond motifs is 3. The SMILES string of the molecule is O=C(CCc1c2ccccc2cc2ccccc12)OCCOCCOCCOC(=O)c1cccc2ccccc12. The summed E-state index contributed by atoms with van der Waals surface area (Å²) >= 11 is 0. The van der Waals surface area contributed by atoms with Gasteiger partial charge in [0.1, 0.15) is 13.2 Å². The summed E-state index contributed by atoms with van der Waals surface area (Å²) in [7, 11) is 0. The Bertz CT molecular complexity index is 1550. The molecule has 5 aromatic rings. The number of carbonyl (C=O) groups is 2. The molecule has 6 nitrogen and oxygen atoms in total. The fraction of sp³-hybridized carbons (Fsp3) is 0.235. The summed E-state index contributed by atoms with van der Waals surface area (Å²) in [4.78, 5) is 24.8. The van der Waals surface area contributed by atoms with Crippen LogP contribution in [0.5, 0.6) is 0 Å². The van der Waals surface area contributed by atoms with E-state index in [9.17, 15) is 9.59 Å². The Labute approximate surface area is 233 Å². The number of ether oxygens (including phenoxy) is 4. The number of hydrogen-bond acceptors (Lipinski definition) is 6. The van der Waals surface area contributed by atoms with Crippen LogP contribution in [0.1, 0.15) is 22.3 Å². The molecule has 0 heterocycles. The maximum atomic E-state index is 12.4. The molecule has 0 aliphatic carbocycles. The summed E-state index contributed by atoms with van der Waals surface area (Å²) in [5.74, 6) is -0.614. The Kier molecular flexibility index (Phi) is 9.35. The van der Waals surface area contributed by atoms with Gasteiger partial charge >= 0.3 is 11.9 Å². The summed E-state index contributed by atoms with van der Waals surface area (Å²) in [6.07, 6.45) is 0.916. The number of aryl methyl sites for hydroxylation is 1. The van der Waals surface area contributed by atoms with Crippen LogP contribution >= 0.6 is 0 Å². The largest absolute Gasteiger partial charge is 0.463 e. The van der Waals surface area contributed by atoms with Crippen molar-refractivity contribution in [2.75, 3.05) is 39.6 Å². The summed E-state index contributed by atoms with van der Waals surface area (Å²) < 4.78 is 21.7. The maximum Gasteiger partial charge on any atom is 0.338 e. The molecular weight excluding hydrogens is 504 g/mol. The molecule has 0 saturated carbocycles. The highest BCUT2D eigenvalue weighted by molar-refractivity contribution is 6.04. The van der Waals surface area contributed by atoms with Gasteiger partial charge in [0.15, 0.2) is 0 Å². The molecule has 5 aromatic carbocycles. The summed E-state index contributed by atoms with van der Waals surface area (Å²) in [6.45, 7) is 1.63. The molecule has 0 radical (unpaired) electrons. The average molecular weight is 537 g/mol. The molecule has 0 unspecified atom stereocenters. The highest BCUT2D eigenvalue weighted by atomic mass is 16.6. The maximum absolute atomic E-state index is 12.4. The topological polar surface area (TPSA) is 71.1 Å². The molecular formula is C34H32O6. The van der Waals surface area contributed by atoms with Gasteiger partial charge < -0.3 is 18.9 Å². The van der Waals surface area contributed by atoms with E-state index in [2.05, 4.69) is 30.3 Å². The van der Waals surface area contributed by atoms with Gasteiger partial charge in [-0.1, -0.05) is 84.9 Å². The smallest absolute Gasteiger partial charge is 0.338 e. The van der Waals surface area contributed by atoms with E-state index < -0.39 is 0 Å². The average Bonchev–Trinajstić information content (AvgIpc) is 2.99. The number of benzene rings is 5. The second kappa shape index (κ2) is 13.7. The van der Waals surface area contributed by atoms with Crippen molar-refractivity contribution in [1.29, 1.82) is 0 Å². The highest BCUT2D eigenvalue weighted by Gasteiger charge is 2.12. The van der Waals surface area contributed by atoms with Gasteiger partial charge in [-0.15, -0.1) is 0 Å². The van der Waals surface area contributed by atoms with Crippen molar-refractivity contribution < 1.29 is 28.5 Å². The van der Waals surface area contributed by atoms with Crippen LogP contribution in [0.25, 0.3) is 32.3 Å². The Morgan fingerprint density at radius 3 is 1.73 bits per heavy atom. The van der Waals surface area contributed by atoms with Crippen LogP contribution in [-0.4, -0.2) is 51.6 Å². The predicted octanol–water partition coefficient (Wildman–Crippen LogP) is 6.51. The van der Waals surface area contributed by atoms with E-state index in [1.165, 1.54) is 27.1 Å². The molecule has 0 aliphatic rings. The Morgan fingerprint density at radius 1 is 0.525 bits per heavy atom. The van der Waals surface area contributed by atoms with Crippen LogP contribution in [0, 0.1) is 0 Å². The van der Waals surface area contributed by atoms with Gasteiger partial charge in [-0.05, 0) is 56.4 Å². The van der Waals surface area contributed by atoms with Crippen molar-refractivity contribution in [2.24, 2.45) is 0 Å². The third-order valence-corrected chi connectivity index (χ3v) is 6.80. The molecule has 204 valence electrons. The lowest BCUT2D eigenvalue weighted by Crippen LogP contribution is -2.15. The molecule has 0 amide bonds. The van der Waals surface area contributed by atoms with Gasteiger partial charge in [-0.2, -0.15) is 0 Å². The lowest BCUT2D eigenvalue weighted by molar-refractivity contribution is -0.145. The van der Waals surface area contributed by atoms with Crippen LogP contribution in [-0.2, 0) is 30.2 Å². The third kappa shape index (κ3) is 6.84. The lowest BCUT2D eigenvalue weighted by Gasteiger charge is -2.12. The quantitative estimate of drug-likeness (QED) is 0.0970. The first-order chi connectivity index (χ1) is 19.7. The van der Waals surface area contributed by atoms with Crippen LogP contribution in [0.2, 0.25) is 0 Å². The molecule has 40 heavy (non-hydrogen) atoms. The van der Waals surface area contributed by atoms with Crippen molar-refractivity contribution in [1.82, 2.24) is 0 Å². The van der Waals surface area contributed by atoms with Crippen molar-refractivity contribution in [2.45, 2.75) is 12.8 Å². The van der Waals surface area contributed by atoms with E-state index in [0.717, 1.165) is 10.8 Å². The van der Waals surface area contributed by atoms with Gasteiger partial charge in [0, 0.05) is 6.42 Å². The first kappa shape index (κ1) is 27.3. The van der Waals surface area contributed by atoms with Gasteiger partial charge in [0.25, 0.3) is 0 Å².